The van der Waals surface area contributed by atoms with Gasteiger partial charge < -0.3 is 10.1 Å². The van der Waals surface area contributed by atoms with Crippen LogP contribution in [0, 0.1) is 11.3 Å². The van der Waals surface area contributed by atoms with Crippen LogP contribution in [0.2, 0.25) is 5.02 Å². The number of hydrogen-bond acceptors (Lipinski definition) is 7. The number of aromatic nitrogens is 5. The third kappa shape index (κ3) is 4.49. The molecule has 1 aromatic carbocycles. The molecule has 0 amide bonds. The molecule has 0 aliphatic carbocycles. The van der Waals surface area contributed by atoms with E-state index in [1.807, 2.05) is 0 Å². The van der Waals surface area contributed by atoms with E-state index >= 15 is 0 Å². The summed E-state index contributed by atoms with van der Waals surface area (Å²) in [5, 5.41) is 17.0. The molecule has 0 saturated carbocycles. The van der Waals surface area contributed by atoms with Gasteiger partial charge in [0.15, 0.2) is 5.65 Å². The Balaban J connectivity index is 1.34. The molecule has 8 nitrogen and oxygen atoms in total. The fourth-order valence-corrected chi connectivity index (χ4v) is 3.61. The molecule has 4 aromatic heterocycles. The molecular formula is C24H13ClF3N7O. The Labute approximate surface area is 206 Å². The molecule has 0 radical (unpaired) electrons. The Hall–Kier alpha value is -4.69. The molecule has 4 heterocycles. The second-order valence-electron chi connectivity index (χ2n) is 7.41. The molecule has 5 rings (SSSR count). The minimum atomic E-state index is -4.55. The van der Waals surface area contributed by atoms with E-state index in [4.69, 9.17) is 16.3 Å². The quantitative estimate of drug-likeness (QED) is 0.307. The van der Waals surface area contributed by atoms with E-state index in [1.54, 1.807) is 59.5 Å². The summed E-state index contributed by atoms with van der Waals surface area (Å²) in [7, 11) is 0. The lowest BCUT2D eigenvalue weighted by molar-refractivity contribution is -0.137. The topological polar surface area (TPSA) is 101 Å². The second kappa shape index (κ2) is 9.16. The number of pyridine rings is 2. The molecule has 12 heteroatoms. The number of nitriles is 1. The number of benzene rings is 1. The standard InChI is InChI=1S/C24H13ClF3N7O/c25-19-8-15(24(26,27)28)12-33-23(19)36-17-3-1-2-16(9-17)30-6-4-20-18-13-32-22-14(10-29)11-34-35(22)21(18)5-7-31-20/h1-9,11-13,30H. The van der Waals surface area contributed by atoms with E-state index in [0.29, 0.717) is 34.5 Å². The summed E-state index contributed by atoms with van der Waals surface area (Å²) < 4.78 is 45.6. The lowest BCUT2D eigenvalue weighted by atomic mass is 10.2. The third-order valence-electron chi connectivity index (χ3n) is 5.08. The van der Waals surface area contributed by atoms with Crippen molar-refractivity contribution in [1.29, 1.82) is 5.26 Å². The minimum absolute atomic E-state index is 0.144. The zero-order chi connectivity index (χ0) is 25.3. The lowest BCUT2D eigenvalue weighted by Gasteiger charge is -2.11. The van der Waals surface area contributed by atoms with Crippen LogP contribution in [0.3, 0.4) is 0 Å². The highest BCUT2D eigenvalue weighted by Crippen LogP contribution is 2.35. The first-order valence-electron chi connectivity index (χ1n) is 10.3. The molecule has 36 heavy (non-hydrogen) atoms. The van der Waals surface area contributed by atoms with Crippen LogP contribution in [-0.4, -0.2) is 24.6 Å². The van der Waals surface area contributed by atoms with Gasteiger partial charge >= 0.3 is 6.18 Å². The van der Waals surface area contributed by atoms with Crippen molar-refractivity contribution in [2.45, 2.75) is 6.18 Å². The van der Waals surface area contributed by atoms with Crippen LogP contribution < -0.4 is 10.1 Å². The summed E-state index contributed by atoms with van der Waals surface area (Å²) in [5.41, 5.74) is 1.88. The van der Waals surface area contributed by atoms with Gasteiger partial charge in [-0.05, 0) is 30.3 Å². The largest absolute Gasteiger partial charge is 0.437 e. The van der Waals surface area contributed by atoms with E-state index < -0.39 is 11.7 Å². The highest BCUT2D eigenvalue weighted by molar-refractivity contribution is 6.31. The monoisotopic (exact) mass is 507 g/mol. The number of fused-ring (bicyclic) bond motifs is 3. The minimum Gasteiger partial charge on any atom is -0.437 e. The van der Waals surface area contributed by atoms with Crippen LogP contribution in [0.1, 0.15) is 16.8 Å². The van der Waals surface area contributed by atoms with E-state index in [-0.39, 0.29) is 10.9 Å². The van der Waals surface area contributed by atoms with Gasteiger partial charge in [0.1, 0.15) is 22.4 Å². The fourth-order valence-electron chi connectivity index (χ4n) is 3.41. The van der Waals surface area contributed by atoms with E-state index in [9.17, 15) is 18.4 Å². The first kappa shape index (κ1) is 23.1. The van der Waals surface area contributed by atoms with Gasteiger partial charge in [0.25, 0.3) is 0 Å². The number of anilines is 1. The van der Waals surface area contributed by atoms with Crippen molar-refractivity contribution in [3.63, 3.8) is 0 Å². The maximum atomic E-state index is 12.8. The predicted octanol–water partition coefficient (Wildman–Crippen LogP) is 6.09. The molecule has 0 bridgehead atoms. The maximum absolute atomic E-state index is 12.8. The van der Waals surface area contributed by atoms with Crippen molar-refractivity contribution in [3.05, 3.63) is 89.2 Å². The summed E-state index contributed by atoms with van der Waals surface area (Å²) in [6, 6.07) is 11.3. The Morgan fingerprint density at radius 2 is 1.94 bits per heavy atom. The SMILES string of the molecule is N#Cc1cnn2c1ncc1c(C=CNc3cccc(Oc4ncc(C(F)(F)F)cc4Cl)c3)nccc12. The summed E-state index contributed by atoms with van der Waals surface area (Å²) in [6.07, 6.45) is 4.24. The molecule has 0 aliphatic rings. The Morgan fingerprint density at radius 3 is 2.72 bits per heavy atom. The molecule has 0 spiro atoms. The molecule has 178 valence electrons. The average molecular weight is 508 g/mol. The van der Waals surface area contributed by atoms with Crippen LogP contribution in [0.15, 0.2) is 67.4 Å². The van der Waals surface area contributed by atoms with Gasteiger partial charge in [-0.25, -0.2) is 14.5 Å². The summed E-state index contributed by atoms with van der Waals surface area (Å²) in [6.45, 7) is 0. The molecule has 0 atom stereocenters. The van der Waals surface area contributed by atoms with Gasteiger partial charge in [0, 0.05) is 41.9 Å². The summed E-state index contributed by atoms with van der Waals surface area (Å²) >= 11 is 5.92. The first-order chi connectivity index (χ1) is 17.3. The number of hydrogen-bond donors (Lipinski definition) is 1. The molecule has 0 unspecified atom stereocenters. The van der Waals surface area contributed by atoms with Gasteiger partial charge in [-0.15, -0.1) is 0 Å². The number of rotatable bonds is 5. The van der Waals surface area contributed by atoms with Crippen molar-refractivity contribution in [2.24, 2.45) is 0 Å². The second-order valence-corrected chi connectivity index (χ2v) is 7.82. The van der Waals surface area contributed by atoms with Crippen molar-refractivity contribution in [2.75, 3.05) is 5.32 Å². The predicted molar refractivity (Wildman–Crippen MR) is 126 cm³/mol. The lowest BCUT2D eigenvalue weighted by Crippen LogP contribution is -2.05. The van der Waals surface area contributed by atoms with Crippen LogP contribution in [0.4, 0.5) is 18.9 Å². The number of nitrogens with zero attached hydrogens (tertiary/aromatic N) is 6. The fraction of sp³-hybridized carbons (Fsp3) is 0.0417. The highest BCUT2D eigenvalue weighted by Gasteiger charge is 2.31. The molecule has 0 fully saturated rings. The van der Waals surface area contributed by atoms with Crippen molar-refractivity contribution < 1.29 is 17.9 Å². The zero-order valence-corrected chi connectivity index (χ0v) is 18.8. The van der Waals surface area contributed by atoms with Crippen LogP contribution in [-0.2, 0) is 6.18 Å². The molecule has 5 aromatic rings. The summed E-state index contributed by atoms with van der Waals surface area (Å²) in [4.78, 5) is 12.4. The Kier molecular flexibility index (Phi) is 5.87. The number of nitrogens with one attached hydrogen (secondary N) is 1. The number of halogens is 4. The average Bonchev–Trinajstić information content (AvgIpc) is 3.29. The van der Waals surface area contributed by atoms with Crippen LogP contribution >= 0.6 is 11.6 Å². The maximum Gasteiger partial charge on any atom is 0.417 e. The van der Waals surface area contributed by atoms with Gasteiger partial charge in [-0.2, -0.15) is 23.5 Å². The molecule has 1 N–H and O–H groups in total. The van der Waals surface area contributed by atoms with E-state index in [0.717, 1.165) is 17.0 Å². The van der Waals surface area contributed by atoms with Crippen molar-refractivity contribution >= 4 is 39.9 Å². The van der Waals surface area contributed by atoms with Gasteiger partial charge in [-0.3, -0.25) is 4.98 Å². The molecule has 0 saturated heterocycles. The normalized spacial score (nSPS) is 11.8. The Bertz CT molecular complexity index is 1670. The molecular weight excluding hydrogens is 495 g/mol. The van der Waals surface area contributed by atoms with E-state index in [2.05, 4.69) is 31.4 Å². The smallest absolute Gasteiger partial charge is 0.417 e. The van der Waals surface area contributed by atoms with Gasteiger partial charge in [0.05, 0.1) is 23.0 Å². The summed E-state index contributed by atoms with van der Waals surface area (Å²) in [5.74, 6) is 0.179. The Morgan fingerprint density at radius 1 is 1.08 bits per heavy atom. The molecule has 0 aliphatic heterocycles. The van der Waals surface area contributed by atoms with Crippen molar-refractivity contribution in [3.8, 4) is 17.7 Å². The highest BCUT2D eigenvalue weighted by atomic mass is 35.5. The third-order valence-corrected chi connectivity index (χ3v) is 5.35. The van der Waals surface area contributed by atoms with Crippen LogP contribution in [0.5, 0.6) is 11.6 Å². The van der Waals surface area contributed by atoms with Gasteiger partial charge in [-0.1, -0.05) is 17.7 Å². The van der Waals surface area contributed by atoms with Gasteiger partial charge in [0.2, 0.25) is 5.88 Å². The number of ether oxygens (including phenoxy) is 1. The number of alkyl halides is 3. The van der Waals surface area contributed by atoms with Crippen molar-refractivity contribution in [1.82, 2.24) is 24.6 Å². The first-order valence-corrected chi connectivity index (χ1v) is 10.7. The van der Waals surface area contributed by atoms with Crippen LogP contribution in [0.25, 0.3) is 22.6 Å². The zero-order valence-electron chi connectivity index (χ0n) is 18.0. The van der Waals surface area contributed by atoms with E-state index in [1.165, 1.54) is 6.20 Å².